The van der Waals surface area contributed by atoms with Crippen molar-refractivity contribution in [3.8, 4) is 17.1 Å². The quantitative estimate of drug-likeness (QED) is 0.381. The van der Waals surface area contributed by atoms with E-state index in [4.69, 9.17) is 0 Å². The van der Waals surface area contributed by atoms with Crippen LogP contribution in [0.3, 0.4) is 0 Å². The number of nitrogens with one attached hydrogen (secondary N) is 1. The van der Waals surface area contributed by atoms with E-state index in [0.717, 1.165) is 31.6 Å². The highest BCUT2D eigenvalue weighted by molar-refractivity contribution is 7.95. The van der Waals surface area contributed by atoms with Crippen molar-refractivity contribution >= 4 is 33.2 Å². The van der Waals surface area contributed by atoms with Crippen LogP contribution in [0, 0.1) is 5.41 Å². The van der Waals surface area contributed by atoms with E-state index in [1.54, 1.807) is 41.2 Å². The van der Waals surface area contributed by atoms with Crippen LogP contribution in [0.1, 0.15) is 51.4 Å². The van der Waals surface area contributed by atoms with Gasteiger partial charge in [-0.3, -0.25) is 9.52 Å². The number of piperidine rings is 2. The molecular weight excluding hydrogens is 580 g/mol. The molecule has 7 rings (SSSR count). The SMILES string of the molecule is O=C(O)C1(S(=O)(=O)Nc2ccc(-n3cc(-c4cccc(N5CCC(F)(F)CC5)n4)nn3)c(N3CCC4(CC3)CC4)c2)CC1. The standard InChI is InChI=1S/C29H33F2N7O4S/c30-29(31)12-16-37(17-13-29)25-3-1-2-21(32-25)22-19-38(35-33-22)23-5-4-20(34-43(41,42)28(8-9-28)26(39)40)18-24(23)36-14-10-27(6-7-27)11-15-36/h1-5,18-19,34H,6-17H2,(H,39,40). The summed E-state index contributed by atoms with van der Waals surface area (Å²) in [5, 5.41) is 18.3. The Bertz CT molecular complexity index is 1670. The Labute approximate surface area is 247 Å². The second-order valence-corrected chi connectivity index (χ2v) is 14.4. The number of nitrogens with zero attached hydrogens (tertiary/aromatic N) is 6. The molecule has 4 fully saturated rings. The van der Waals surface area contributed by atoms with Gasteiger partial charge in [-0.25, -0.2) is 26.9 Å². The van der Waals surface area contributed by atoms with Crippen LogP contribution in [-0.4, -0.2) is 76.3 Å². The number of hydrogen-bond donors (Lipinski definition) is 2. The van der Waals surface area contributed by atoms with E-state index in [9.17, 15) is 27.1 Å². The summed E-state index contributed by atoms with van der Waals surface area (Å²) < 4.78 is 55.7. The van der Waals surface area contributed by atoms with Crippen LogP contribution < -0.4 is 14.5 Å². The van der Waals surface area contributed by atoms with Crippen molar-refractivity contribution in [2.45, 2.75) is 62.0 Å². The lowest BCUT2D eigenvalue weighted by Gasteiger charge is -2.35. The van der Waals surface area contributed by atoms with Gasteiger partial charge in [-0.05, 0) is 74.3 Å². The molecular formula is C29H33F2N7O4S. The van der Waals surface area contributed by atoms with Crippen molar-refractivity contribution in [1.82, 2.24) is 20.0 Å². The molecule has 2 aromatic heterocycles. The minimum absolute atomic E-state index is 0.0814. The Morgan fingerprint density at radius 3 is 2.21 bits per heavy atom. The molecule has 4 aliphatic rings. The van der Waals surface area contributed by atoms with E-state index >= 15 is 0 Å². The van der Waals surface area contributed by atoms with E-state index in [1.807, 2.05) is 11.0 Å². The van der Waals surface area contributed by atoms with Gasteiger partial charge in [0.2, 0.25) is 10.0 Å². The third-order valence-electron chi connectivity index (χ3n) is 9.51. The summed E-state index contributed by atoms with van der Waals surface area (Å²) in [6.07, 6.45) is 6.06. The number of sulfonamides is 1. The summed E-state index contributed by atoms with van der Waals surface area (Å²) in [4.78, 5) is 20.5. The van der Waals surface area contributed by atoms with Crippen LogP contribution >= 0.6 is 0 Å². The van der Waals surface area contributed by atoms with Gasteiger partial charge in [0.05, 0.1) is 29.0 Å². The highest BCUT2D eigenvalue weighted by Crippen LogP contribution is 2.54. The molecule has 3 aromatic rings. The highest BCUT2D eigenvalue weighted by Gasteiger charge is 2.61. The number of rotatable bonds is 8. The van der Waals surface area contributed by atoms with Crippen molar-refractivity contribution in [2.75, 3.05) is 40.7 Å². The Morgan fingerprint density at radius 1 is 0.860 bits per heavy atom. The molecule has 2 saturated heterocycles. The monoisotopic (exact) mass is 613 g/mol. The van der Waals surface area contributed by atoms with Crippen molar-refractivity contribution < 1.29 is 27.1 Å². The van der Waals surface area contributed by atoms with Gasteiger partial charge >= 0.3 is 5.97 Å². The van der Waals surface area contributed by atoms with E-state index in [-0.39, 0.29) is 38.8 Å². The normalized spacial score (nSPS) is 21.9. The van der Waals surface area contributed by atoms with E-state index in [0.29, 0.717) is 34.0 Å². The van der Waals surface area contributed by atoms with Crippen LogP contribution in [0.15, 0.2) is 42.6 Å². The third-order valence-corrected chi connectivity index (χ3v) is 11.6. The maximum absolute atomic E-state index is 13.7. The molecule has 2 aliphatic carbocycles. The fourth-order valence-corrected chi connectivity index (χ4v) is 7.70. The number of anilines is 3. The average Bonchev–Trinajstić information content (AvgIpc) is 3.90. The molecule has 0 amide bonds. The number of aliphatic carboxylic acids is 1. The van der Waals surface area contributed by atoms with Crippen molar-refractivity contribution in [3.05, 3.63) is 42.6 Å². The fourth-order valence-electron chi connectivity index (χ4n) is 6.20. The first kappa shape index (κ1) is 28.0. The lowest BCUT2D eigenvalue weighted by Crippen LogP contribution is -2.39. The summed E-state index contributed by atoms with van der Waals surface area (Å²) in [7, 11) is -4.14. The zero-order chi connectivity index (χ0) is 30.0. The molecule has 0 bridgehead atoms. The average molecular weight is 614 g/mol. The van der Waals surface area contributed by atoms with Crippen LogP contribution in [0.5, 0.6) is 0 Å². The second kappa shape index (κ2) is 9.86. The van der Waals surface area contributed by atoms with Crippen LogP contribution in [0.4, 0.5) is 26.0 Å². The third kappa shape index (κ3) is 5.19. The number of benzene rings is 1. The molecule has 14 heteroatoms. The summed E-state index contributed by atoms with van der Waals surface area (Å²) in [5.74, 6) is -3.38. The molecule has 228 valence electrons. The molecule has 2 aliphatic heterocycles. The summed E-state index contributed by atoms with van der Waals surface area (Å²) in [6.45, 7) is 2.06. The van der Waals surface area contributed by atoms with Crippen molar-refractivity contribution in [1.29, 1.82) is 0 Å². The predicted octanol–water partition coefficient (Wildman–Crippen LogP) is 4.30. The van der Waals surface area contributed by atoms with Crippen LogP contribution in [0.2, 0.25) is 0 Å². The molecule has 1 spiro atoms. The molecule has 2 N–H and O–H groups in total. The summed E-state index contributed by atoms with van der Waals surface area (Å²) in [5.41, 5.74) is 3.25. The number of carboxylic acid groups (broad SMARTS) is 1. The lowest BCUT2D eigenvalue weighted by atomic mass is 9.93. The number of pyridine rings is 1. The van der Waals surface area contributed by atoms with Gasteiger partial charge in [0, 0.05) is 39.0 Å². The van der Waals surface area contributed by atoms with Crippen LogP contribution in [-0.2, 0) is 14.8 Å². The first-order valence-electron chi connectivity index (χ1n) is 14.7. The number of carbonyl (C=O) groups is 1. The Balaban J connectivity index is 1.18. The van der Waals surface area contributed by atoms with E-state index in [2.05, 4.69) is 24.9 Å². The number of aromatic nitrogens is 4. The zero-order valence-corrected chi connectivity index (χ0v) is 24.4. The van der Waals surface area contributed by atoms with Crippen molar-refractivity contribution in [2.24, 2.45) is 5.41 Å². The number of hydrogen-bond acceptors (Lipinski definition) is 8. The molecule has 1 aromatic carbocycles. The molecule has 11 nitrogen and oxygen atoms in total. The van der Waals surface area contributed by atoms with Gasteiger partial charge in [0.15, 0.2) is 4.75 Å². The molecule has 0 unspecified atom stereocenters. The molecule has 43 heavy (non-hydrogen) atoms. The van der Waals surface area contributed by atoms with E-state index in [1.165, 1.54) is 12.8 Å². The summed E-state index contributed by atoms with van der Waals surface area (Å²) in [6, 6.07) is 10.5. The van der Waals surface area contributed by atoms with Gasteiger partial charge in [0.25, 0.3) is 5.92 Å². The van der Waals surface area contributed by atoms with Gasteiger partial charge < -0.3 is 14.9 Å². The summed E-state index contributed by atoms with van der Waals surface area (Å²) >= 11 is 0. The van der Waals surface area contributed by atoms with Crippen molar-refractivity contribution in [3.63, 3.8) is 0 Å². The minimum Gasteiger partial charge on any atom is -0.480 e. The maximum Gasteiger partial charge on any atom is 0.326 e. The number of alkyl halides is 2. The first-order valence-corrected chi connectivity index (χ1v) is 16.1. The topological polar surface area (TPSA) is 134 Å². The molecule has 2 saturated carbocycles. The number of carboxylic acids is 1. The van der Waals surface area contributed by atoms with Crippen LogP contribution in [0.25, 0.3) is 17.1 Å². The first-order chi connectivity index (χ1) is 20.5. The zero-order valence-electron chi connectivity index (χ0n) is 23.5. The minimum atomic E-state index is -4.14. The maximum atomic E-state index is 13.7. The van der Waals surface area contributed by atoms with Gasteiger partial charge in [-0.1, -0.05) is 11.3 Å². The van der Waals surface area contributed by atoms with Gasteiger partial charge in [-0.2, -0.15) is 0 Å². The second-order valence-electron chi connectivity index (χ2n) is 12.4. The lowest BCUT2D eigenvalue weighted by molar-refractivity contribution is -0.137. The Kier molecular flexibility index (Phi) is 6.42. The highest BCUT2D eigenvalue weighted by atomic mass is 32.2. The molecule has 4 heterocycles. The molecule has 0 atom stereocenters. The predicted molar refractivity (Wildman–Crippen MR) is 156 cm³/mol. The number of halogens is 2. The van der Waals surface area contributed by atoms with Gasteiger partial charge in [0.1, 0.15) is 11.5 Å². The fraction of sp³-hybridized carbons (Fsp3) is 0.517. The Hall–Kier alpha value is -3.81. The molecule has 0 radical (unpaired) electrons. The largest absolute Gasteiger partial charge is 0.480 e. The van der Waals surface area contributed by atoms with E-state index < -0.39 is 26.7 Å². The smallest absolute Gasteiger partial charge is 0.326 e. The van der Waals surface area contributed by atoms with Gasteiger partial charge in [-0.15, -0.1) is 5.10 Å². The Morgan fingerprint density at radius 2 is 1.56 bits per heavy atom.